The average Bonchev–Trinajstić information content (AvgIpc) is 3.34. The second-order valence-corrected chi connectivity index (χ2v) is 8.47. The van der Waals surface area contributed by atoms with E-state index in [2.05, 4.69) is 4.98 Å². The Morgan fingerprint density at radius 1 is 1.18 bits per heavy atom. The number of hydrogen-bond donors (Lipinski definition) is 1. The smallest absolute Gasteiger partial charge is 0.337 e. The van der Waals surface area contributed by atoms with Gasteiger partial charge in [-0.15, -0.1) is 0 Å². The van der Waals surface area contributed by atoms with Gasteiger partial charge in [0.15, 0.2) is 5.78 Å². The molecule has 1 unspecified atom stereocenters. The van der Waals surface area contributed by atoms with Gasteiger partial charge >= 0.3 is 5.97 Å². The summed E-state index contributed by atoms with van der Waals surface area (Å²) in [5, 5.41) is 9.29. The molecule has 4 rings (SSSR count). The molecule has 1 atom stereocenters. The highest BCUT2D eigenvalue weighted by Gasteiger charge is 2.40. The first-order chi connectivity index (χ1) is 15.9. The third-order valence-corrected chi connectivity index (χ3v) is 6.46. The minimum absolute atomic E-state index is 0.0340. The molecular formula is C25H23ClN2O5. The molecule has 2 aliphatic rings. The van der Waals surface area contributed by atoms with Crippen LogP contribution in [-0.4, -0.2) is 34.9 Å². The lowest BCUT2D eigenvalue weighted by Gasteiger charge is -2.32. The van der Waals surface area contributed by atoms with Gasteiger partial charge in [0, 0.05) is 12.4 Å². The number of benzene rings is 1. The number of carboxylic acid groups (broad SMARTS) is 1. The lowest BCUT2D eigenvalue weighted by atomic mass is 9.81. The zero-order valence-electron chi connectivity index (χ0n) is 18.0. The van der Waals surface area contributed by atoms with Gasteiger partial charge in [-0.2, -0.15) is 0 Å². The number of rotatable bonds is 6. The number of Topliss-reactive ketones (excluding diaryl/α,β-unsaturated/α-hetero) is 1. The number of halogens is 1. The molecule has 0 radical (unpaired) electrons. The van der Waals surface area contributed by atoms with Crippen molar-refractivity contribution in [1.29, 1.82) is 0 Å². The summed E-state index contributed by atoms with van der Waals surface area (Å²) in [6.07, 6.45) is 10.2. The van der Waals surface area contributed by atoms with Crippen LogP contribution >= 0.6 is 11.6 Å². The maximum absolute atomic E-state index is 13.8. The molecule has 1 N–H and O–H groups in total. The predicted molar refractivity (Wildman–Crippen MR) is 123 cm³/mol. The molecule has 1 aromatic heterocycles. The van der Waals surface area contributed by atoms with E-state index in [1.807, 2.05) is 0 Å². The Labute approximate surface area is 196 Å². The molecule has 1 saturated carbocycles. The van der Waals surface area contributed by atoms with E-state index in [1.54, 1.807) is 37.6 Å². The molecular weight excluding hydrogens is 444 g/mol. The summed E-state index contributed by atoms with van der Waals surface area (Å²) in [4.78, 5) is 44.1. The largest absolute Gasteiger partial charge is 0.500 e. The summed E-state index contributed by atoms with van der Waals surface area (Å²) in [7, 11) is 1.54. The minimum atomic E-state index is -1.18. The lowest BCUT2D eigenvalue weighted by molar-refractivity contribution is -0.120. The number of carbonyl (C=O) groups is 3. The molecule has 7 nitrogen and oxygen atoms in total. The Morgan fingerprint density at radius 3 is 2.55 bits per heavy atom. The number of allylic oxidation sites excluding steroid dienone is 4. The monoisotopic (exact) mass is 466 g/mol. The second kappa shape index (κ2) is 9.58. The van der Waals surface area contributed by atoms with E-state index in [0.29, 0.717) is 5.76 Å². The van der Waals surface area contributed by atoms with E-state index >= 15 is 0 Å². The van der Waals surface area contributed by atoms with E-state index in [-0.39, 0.29) is 39.2 Å². The van der Waals surface area contributed by atoms with Crippen molar-refractivity contribution in [3.63, 3.8) is 0 Å². The molecule has 8 heteroatoms. The van der Waals surface area contributed by atoms with E-state index in [0.717, 1.165) is 25.7 Å². The second-order valence-electron chi connectivity index (χ2n) is 8.06. The van der Waals surface area contributed by atoms with Gasteiger partial charge in [-0.1, -0.05) is 24.4 Å². The number of aromatic carboxylic acids is 1. The quantitative estimate of drug-likeness (QED) is 0.651. The molecule has 2 aliphatic carbocycles. The fraction of sp³-hybridized carbons (Fsp3) is 0.280. The molecule has 33 heavy (non-hydrogen) atoms. The number of ether oxygens (including phenoxy) is 1. The van der Waals surface area contributed by atoms with Gasteiger partial charge in [0.25, 0.3) is 5.91 Å². The number of pyridine rings is 1. The minimum Gasteiger partial charge on any atom is -0.500 e. The van der Waals surface area contributed by atoms with Gasteiger partial charge in [0.05, 0.1) is 40.6 Å². The van der Waals surface area contributed by atoms with Crippen LogP contribution in [0.1, 0.15) is 46.4 Å². The van der Waals surface area contributed by atoms with E-state index in [9.17, 15) is 19.5 Å². The van der Waals surface area contributed by atoms with Crippen LogP contribution in [-0.2, 0) is 9.53 Å². The Hall–Kier alpha value is -3.45. The molecule has 0 aliphatic heterocycles. The maximum atomic E-state index is 13.8. The summed E-state index contributed by atoms with van der Waals surface area (Å²) >= 11 is 6.20. The Balaban J connectivity index is 1.82. The normalized spacial score (nSPS) is 18.5. The van der Waals surface area contributed by atoms with E-state index < -0.39 is 17.8 Å². The van der Waals surface area contributed by atoms with Crippen molar-refractivity contribution in [2.24, 2.45) is 11.8 Å². The molecule has 1 amide bonds. The van der Waals surface area contributed by atoms with Gasteiger partial charge in [-0.05, 0) is 61.2 Å². The highest BCUT2D eigenvalue weighted by atomic mass is 35.5. The topological polar surface area (TPSA) is 96.8 Å². The van der Waals surface area contributed by atoms with Crippen LogP contribution in [0.5, 0.6) is 0 Å². The van der Waals surface area contributed by atoms with Crippen LogP contribution in [0.3, 0.4) is 0 Å². The third kappa shape index (κ3) is 4.41. The average molecular weight is 467 g/mol. The van der Waals surface area contributed by atoms with Gasteiger partial charge < -0.3 is 9.84 Å². The fourth-order valence-corrected chi connectivity index (χ4v) is 4.81. The number of methoxy groups -OCH3 is 1. The van der Waals surface area contributed by atoms with Crippen molar-refractivity contribution in [1.82, 2.24) is 4.98 Å². The standard InChI is InChI=1S/C25H23ClN2O5/c1-33-21-11-10-20(23(29)22(21)15-5-2-3-6-15)28(24(30)16-7-4-12-27-14-16)17-8-9-18(25(31)32)19(26)13-17/h4,7-15,22H,2-3,5-6H2,1H3,(H,31,32). The van der Waals surface area contributed by atoms with E-state index in [1.165, 1.54) is 29.3 Å². The molecule has 2 aromatic rings. The Kier molecular flexibility index (Phi) is 6.60. The summed E-state index contributed by atoms with van der Waals surface area (Å²) < 4.78 is 5.52. The van der Waals surface area contributed by atoms with Crippen LogP contribution < -0.4 is 4.90 Å². The zero-order valence-corrected chi connectivity index (χ0v) is 18.8. The van der Waals surface area contributed by atoms with Crippen LogP contribution in [0.15, 0.2) is 66.3 Å². The van der Waals surface area contributed by atoms with Crippen molar-refractivity contribution < 1.29 is 24.2 Å². The van der Waals surface area contributed by atoms with Crippen molar-refractivity contribution in [3.05, 3.63) is 82.5 Å². The van der Waals surface area contributed by atoms with Gasteiger partial charge in [0.1, 0.15) is 5.76 Å². The highest BCUT2D eigenvalue weighted by Crippen LogP contribution is 2.40. The van der Waals surface area contributed by atoms with Gasteiger partial charge in [0.2, 0.25) is 0 Å². The van der Waals surface area contributed by atoms with Crippen LogP contribution in [0.4, 0.5) is 5.69 Å². The number of hydrogen-bond acceptors (Lipinski definition) is 5. The molecule has 1 fully saturated rings. The lowest BCUT2D eigenvalue weighted by Crippen LogP contribution is -2.39. The third-order valence-electron chi connectivity index (χ3n) is 6.15. The van der Waals surface area contributed by atoms with E-state index in [4.69, 9.17) is 16.3 Å². The van der Waals surface area contributed by atoms with Gasteiger partial charge in [-0.3, -0.25) is 19.5 Å². The summed E-state index contributed by atoms with van der Waals surface area (Å²) in [5.74, 6) is -1.61. The molecule has 1 aromatic carbocycles. The molecule has 170 valence electrons. The van der Waals surface area contributed by atoms with Crippen LogP contribution in [0.25, 0.3) is 0 Å². The SMILES string of the molecule is COC1=CC=C(N(C(=O)c2cccnc2)c2ccc(C(=O)O)c(Cl)c2)C(=O)C1C1CCCC1. The van der Waals surface area contributed by atoms with Crippen molar-refractivity contribution in [2.75, 3.05) is 12.0 Å². The number of ketones is 1. The maximum Gasteiger partial charge on any atom is 0.337 e. The van der Waals surface area contributed by atoms with Crippen LogP contribution in [0, 0.1) is 11.8 Å². The molecule has 0 spiro atoms. The number of anilines is 1. The number of nitrogens with zero attached hydrogens (tertiary/aromatic N) is 2. The number of carboxylic acids is 1. The fourth-order valence-electron chi connectivity index (χ4n) is 4.55. The summed E-state index contributed by atoms with van der Waals surface area (Å²) in [5.41, 5.74) is 0.658. The zero-order chi connectivity index (χ0) is 23.5. The summed E-state index contributed by atoms with van der Waals surface area (Å²) in [6.45, 7) is 0. The number of aromatic nitrogens is 1. The first-order valence-corrected chi connectivity index (χ1v) is 11.1. The number of amides is 1. The summed E-state index contributed by atoms with van der Waals surface area (Å²) in [6, 6.07) is 7.41. The highest BCUT2D eigenvalue weighted by molar-refractivity contribution is 6.34. The van der Waals surface area contributed by atoms with Gasteiger partial charge in [-0.25, -0.2) is 4.79 Å². The first-order valence-electron chi connectivity index (χ1n) is 10.7. The van der Waals surface area contributed by atoms with Crippen molar-refractivity contribution >= 4 is 34.9 Å². The Morgan fingerprint density at radius 2 is 1.94 bits per heavy atom. The number of carbonyl (C=O) groups excluding carboxylic acids is 2. The van der Waals surface area contributed by atoms with Crippen molar-refractivity contribution in [3.8, 4) is 0 Å². The van der Waals surface area contributed by atoms with Crippen LogP contribution in [0.2, 0.25) is 5.02 Å². The van der Waals surface area contributed by atoms with Crippen molar-refractivity contribution in [2.45, 2.75) is 25.7 Å². The molecule has 0 bridgehead atoms. The molecule has 0 saturated heterocycles. The Bertz CT molecular complexity index is 1150. The molecule has 1 heterocycles. The predicted octanol–water partition coefficient (Wildman–Crippen LogP) is 4.88. The first kappa shape index (κ1) is 22.7.